The van der Waals surface area contributed by atoms with E-state index in [0.717, 1.165) is 18.4 Å². The largest absolute Gasteiger partial charge is 0.452 e. The number of anilines is 1. The predicted molar refractivity (Wildman–Crippen MR) is 94.1 cm³/mol. The van der Waals surface area contributed by atoms with Crippen molar-refractivity contribution in [2.45, 2.75) is 0 Å². The first-order chi connectivity index (χ1) is 11.7. The molecule has 2 rings (SSSR count). The maximum Gasteiger partial charge on any atom is 0.229 e. The molecule has 0 unspecified atom stereocenters. The summed E-state index contributed by atoms with van der Waals surface area (Å²) in [5.41, 5.74) is 0.317. The Bertz CT molecular complexity index is 901. The molecular formula is C16H15F2NO4S2. The van der Waals surface area contributed by atoms with Crippen LogP contribution in [0.15, 0.2) is 36.4 Å². The van der Waals surface area contributed by atoms with Crippen LogP contribution in [-0.2, 0) is 10.0 Å². The number of thioether (sulfide) groups is 1. The van der Waals surface area contributed by atoms with Crippen LogP contribution in [0.4, 0.5) is 14.5 Å². The summed E-state index contributed by atoms with van der Waals surface area (Å²) in [4.78, 5) is 12.0. The Labute approximate surface area is 148 Å². The number of nitrogens with one attached hydrogen (secondary N) is 1. The summed E-state index contributed by atoms with van der Waals surface area (Å²) in [6.07, 6.45) is 2.71. The second-order valence-electron chi connectivity index (χ2n) is 5.12. The fourth-order valence-corrected chi connectivity index (χ4v) is 2.95. The molecule has 5 nitrogen and oxygen atoms in total. The number of rotatable bonds is 7. The molecule has 2 aromatic rings. The third-order valence-electron chi connectivity index (χ3n) is 2.99. The van der Waals surface area contributed by atoms with Crippen LogP contribution in [0, 0.1) is 11.6 Å². The van der Waals surface area contributed by atoms with Crippen molar-refractivity contribution in [3.63, 3.8) is 0 Å². The van der Waals surface area contributed by atoms with Crippen molar-refractivity contribution in [2.75, 3.05) is 23.0 Å². The Morgan fingerprint density at radius 1 is 1.16 bits per heavy atom. The van der Waals surface area contributed by atoms with Gasteiger partial charge in [0.2, 0.25) is 10.0 Å². The lowest BCUT2D eigenvalue weighted by Crippen LogP contribution is -2.11. The molecule has 0 aliphatic heterocycles. The highest BCUT2D eigenvalue weighted by molar-refractivity contribution is 7.99. The Hall–Kier alpha value is -2.13. The molecule has 0 heterocycles. The van der Waals surface area contributed by atoms with Gasteiger partial charge in [0.15, 0.2) is 23.1 Å². The molecule has 25 heavy (non-hydrogen) atoms. The Kier molecular flexibility index (Phi) is 6.02. The van der Waals surface area contributed by atoms with E-state index in [1.807, 2.05) is 0 Å². The number of benzene rings is 2. The van der Waals surface area contributed by atoms with Crippen LogP contribution in [0.2, 0.25) is 0 Å². The zero-order valence-corrected chi connectivity index (χ0v) is 15.0. The molecule has 0 aliphatic rings. The zero-order chi connectivity index (χ0) is 18.6. The van der Waals surface area contributed by atoms with Crippen molar-refractivity contribution in [3.8, 4) is 11.5 Å². The minimum Gasteiger partial charge on any atom is -0.452 e. The lowest BCUT2D eigenvalue weighted by atomic mass is 10.1. The fraction of sp³-hybridized carbons (Fsp3) is 0.188. The number of sulfonamides is 1. The fourth-order valence-electron chi connectivity index (χ4n) is 1.96. The van der Waals surface area contributed by atoms with Crippen LogP contribution in [0.1, 0.15) is 10.4 Å². The summed E-state index contributed by atoms with van der Waals surface area (Å²) >= 11 is 1.33. The summed E-state index contributed by atoms with van der Waals surface area (Å²) < 4.78 is 57.4. The Morgan fingerprint density at radius 3 is 2.48 bits per heavy atom. The molecule has 0 saturated heterocycles. The first-order valence-corrected chi connectivity index (χ1v) is 10.2. The highest BCUT2D eigenvalue weighted by atomic mass is 32.2. The summed E-state index contributed by atoms with van der Waals surface area (Å²) in [6, 6.07) is 6.83. The van der Waals surface area contributed by atoms with E-state index in [-0.39, 0.29) is 34.3 Å². The van der Waals surface area contributed by atoms with Crippen LogP contribution in [0.5, 0.6) is 11.5 Å². The highest BCUT2D eigenvalue weighted by Gasteiger charge is 2.15. The molecule has 0 bridgehead atoms. The lowest BCUT2D eigenvalue weighted by Gasteiger charge is -2.14. The van der Waals surface area contributed by atoms with Gasteiger partial charge in [0, 0.05) is 11.6 Å². The molecule has 9 heteroatoms. The quantitative estimate of drug-likeness (QED) is 0.734. The third-order valence-corrected chi connectivity index (χ3v) is 4.13. The Balaban J connectivity index is 2.46. The average Bonchev–Trinajstić information content (AvgIpc) is 2.50. The second-order valence-corrected chi connectivity index (χ2v) is 7.73. The van der Waals surface area contributed by atoms with E-state index in [2.05, 4.69) is 4.72 Å². The molecule has 2 aromatic carbocycles. The number of halogens is 2. The summed E-state index contributed by atoms with van der Waals surface area (Å²) in [5.74, 6) is -2.06. The number of ether oxygens (including phenoxy) is 1. The first-order valence-electron chi connectivity index (χ1n) is 6.96. The standard InChI is InChI=1S/C16H15F2NO4S2/c1-24-9-14(20)10-3-5-13(19-25(2,21)22)16(7-10)23-15-6-4-11(17)8-12(15)18/h3-8,19H,9H2,1-2H3. The predicted octanol–water partition coefficient (Wildman–Crippen LogP) is 3.67. The molecular weight excluding hydrogens is 372 g/mol. The van der Waals surface area contributed by atoms with Gasteiger partial charge in [0.05, 0.1) is 17.7 Å². The molecule has 0 radical (unpaired) electrons. The van der Waals surface area contributed by atoms with E-state index in [0.29, 0.717) is 6.07 Å². The van der Waals surface area contributed by atoms with Gasteiger partial charge < -0.3 is 4.74 Å². The maximum absolute atomic E-state index is 13.8. The normalized spacial score (nSPS) is 11.2. The van der Waals surface area contributed by atoms with Crippen LogP contribution in [-0.4, -0.2) is 32.5 Å². The zero-order valence-electron chi connectivity index (χ0n) is 13.4. The molecule has 0 amide bonds. The molecule has 0 aliphatic carbocycles. The molecule has 0 spiro atoms. The number of hydrogen-bond donors (Lipinski definition) is 1. The average molecular weight is 387 g/mol. The van der Waals surface area contributed by atoms with Gasteiger partial charge in [-0.25, -0.2) is 17.2 Å². The van der Waals surface area contributed by atoms with E-state index in [4.69, 9.17) is 4.74 Å². The topological polar surface area (TPSA) is 72.5 Å². The summed E-state index contributed by atoms with van der Waals surface area (Å²) in [7, 11) is -3.62. The molecule has 0 aromatic heterocycles. The van der Waals surface area contributed by atoms with Gasteiger partial charge in [0.1, 0.15) is 5.82 Å². The third kappa shape index (κ3) is 5.43. The van der Waals surface area contributed by atoms with E-state index in [1.165, 1.54) is 30.0 Å². The van der Waals surface area contributed by atoms with Crippen molar-refractivity contribution >= 4 is 33.3 Å². The Morgan fingerprint density at radius 2 is 1.88 bits per heavy atom. The summed E-state index contributed by atoms with van der Waals surface area (Å²) in [6.45, 7) is 0. The number of ketones is 1. The van der Waals surface area contributed by atoms with Crippen LogP contribution >= 0.6 is 11.8 Å². The van der Waals surface area contributed by atoms with Crippen LogP contribution < -0.4 is 9.46 Å². The van der Waals surface area contributed by atoms with Gasteiger partial charge in [-0.05, 0) is 36.6 Å². The van der Waals surface area contributed by atoms with E-state index in [9.17, 15) is 22.0 Å². The molecule has 0 fully saturated rings. The van der Waals surface area contributed by atoms with Gasteiger partial charge in [0.25, 0.3) is 0 Å². The SMILES string of the molecule is CSCC(=O)c1ccc(NS(C)(=O)=O)c(Oc2ccc(F)cc2F)c1. The van der Waals surface area contributed by atoms with Crippen molar-refractivity contribution in [3.05, 3.63) is 53.6 Å². The van der Waals surface area contributed by atoms with Crippen molar-refractivity contribution in [1.29, 1.82) is 0 Å². The van der Waals surface area contributed by atoms with Gasteiger partial charge in [-0.15, -0.1) is 0 Å². The van der Waals surface area contributed by atoms with Gasteiger partial charge in [-0.1, -0.05) is 0 Å². The number of carbonyl (C=O) groups excluding carboxylic acids is 1. The van der Waals surface area contributed by atoms with Gasteiger partial charge in [-0.3, -0.25) is 9.52 Å². The lowest BCUT2D eigenvalue weighted by molar-refractivity contribution is 0.102. The van der Waals surface area contributed by atoms with E-state index >= 15 is 0 Å². The number of hydrogen-bond acceptors (Lipinski definition) is 5. The van der Waals surface area contributed by atoms with E-state index in [1.54, 1.807) is 6.26 Å². The van der Waals surface area contributed by atoms with Crippen molar-refractivity contribution in [1.82, 2.24) is 0 Å². The molecule has 134 valence electrons. The monoisotopic (exact) mass is 387 g/mol. The maximum atomic E-state index is 13.8. The smallest absolute Gasteiger partial charge is 0.229 e. The summed E-state index contributed by atoms with van der Waals surface area (Å²) in [5, 5.41) is 0. The minimum atomic E-state index is -3.62. The van der Waals surface area contributed by atoms with Crippen molar-refractivity contribution in [2.24, 2.45) is 0 Å². The number of Topliss-reactive ketones (excluding diaryl/α,β-unsaturated/α-hetero) is 1. The van der Waals surface area contributed by atoms with Crippen molar-refractivity contribution < 1.29 is 26.7 Å². The molecule has 0 saturated carbocycles. The first kappa shape index (κ1) is 19.2. The van der Waals surface area contributed by atoms with Gasteiger partial charge >= 0.3 is 0 Å². The molecule has 0 atom stereocenters. The molecule has 1 N–H and O–H groups in total. The second kappa shape index (κ2) is 7.83. The van der Waals surface area contributed by atoms with Crippen LogP contribution in [0.3, 0.4) is 0 Å². The van der Waals surface area contributed by atoms with E-state index < -0.39 is 21.7 Å². The highest BCUT2D eigenvalue weighted by Crippen LogP contribution is 2.33. The number of carbonyl (C=O) groups is 1. The van der Waals surface area contributed by atoms with Crippen LogP contribution in [0.25, 0.3) is 0 Å². The van der Waals surface area contributed by atoms with Gasteiger partial charge in [-0.2, -0.15) is 11.8 Å². The minimum absolute atomic E-state index is 0.0342.